The van der Waals surface area contributed by atoms with Crippen LogP contribution >= 0.6 is 11.3 Å². The molecular formula is C7H11NOS. The van der Waals surface area contributed by atoms with Gasteiger partial charge in [0.1, 0.15) is 0 Å². The van der Waals surface area contributed by atoms with Crippen molar-refractivity contribution in [2.24, 2.45) is 5.73 Å². The molecule has 1 atom stereocenters. The minimum Gasteiger partial charge on any atom is -0.395 e. The molecule has 1 heterocycles. The first-order valence-electron chi connectivity index (χ1n) is 3.20. The zero-order chi connectivity index (χ0) is 7.40. The van der Waals surface area contributed by atoms with Crippen LogP contribution in [0.4, 0.5) is 0 Å². The Morgan fingerprint density at radius 3 is 3.00 bits per heavy atom. The van der Waals surface area contributed by atoms with Crippen LogP contribution in [0.25, 0.3) is 0 Å². The van der Waals surface area contributed by atoms with Crippen molar-refractivity contribution in [1.82, 2.24) is 0 Å². The molecule has 0 fully saturated rings. The monoisotopic (exact) mass is 157 g/mol. The molecule has 56 valence electrons. The summed E-state index contributed by atoms with van der Waals surface area (Å²) in [4.78, 5) is 0. The van der Waals surface area contributed by atoms with E-state index >= 15 is 0 Å². The molecule has 1 aromatic heterocycles. The molecule has 10 heavy (non-hydrogen) atoms. The van der Waals surface area contributed by atoms with E-state index in [2.05, 4.69) is 5.38 Å². The van der Waals surface area contributed by atoms with Gasteiger partial charge in [-0.1, -0.05) is 0 Å². The second kappa shape index (κ2) is 3.71. The normalized spacial score (nSPS) is 13.4. The standard InChI is InChI=1S/C7H11NOS/c8-7(4-9)3-6-1-2-10-5-6/h1-2,5,7,9H,3-4,8H2/t7-/m0/s1. The molecule has 3 N–H and O–H groups in total. The van der Waals surface area contributed by atoms with Crippen molar-refractivity contribution in [3.63, 3.8) is 0 Å². The van der Waals surface area contributed by atoms with Crippen LogP contribution in [0.2, 0.25) is 0 Å². The quantitative estimate of drug-likeness (QED) is 0.675. The molecule has 0 saturated carbocycles. The maximum Gasteiger partial charge on any atom is 0.0585 e. The molecular weight excluding hydrogens is 146 g/mol. The largest absolute Gasteiger partial charge is 0.395 e. The summed E-state index contributed by atoms with van der Waals surface area (Å²) in [6.07, 6.45) is 0.778. The van der Waals surface area contributed by atoms with E-state index in [1.165, 1.54) is 5.56 Å². The second-order valence-electron chi connectivity index (χ2n) is 2.28. The maximum atomic E-state index is 8.61. The Bertz CT molecular complexity index is 174. The third kappa shape index (κ3) is 2.10. The molecule has 1 aromatic rings. The average molecular weight is 157 g/mol. The molecule has 0 aliphatic carbocycles. The highest BCUT2D eigenvalue weighted by atomic mass is 32.1. The lowest BCUT2D eigenvalue weighted by Gasteiger charge is -2.04. The molecule has 0 unspecified atom stereocenters. The van der Waals surface area contributed by atoms with Crippen LogP contribution in [0, 0.1) is 0 Å². The van der Waals surface area contributed by atoms with Crippen LogP contribution in [0.15, 0.2) is 16.8 Å². The summed E-state index contributed by atoms with van der Waals surface area (Å²) in [5.41, 5.74) is 6.73. The van der Waals surface area contributed by atoms with Crippen molar-refractivity contribution in [1.29, 1.82) is 0 Å². The summed E-state index contributed by atoms with van der Waals surface area (Å²) < 4.78 is 0. The van der Waals surface area contributed by atoms with Crippen LogP contribution in [-0.2, 0) is 6.42 Å². The third-order valence-corrected chi connectivity index (χ3v) is 2.04. The maximum absolute atomic E-state index is 8.61. The average Bonchev–Trinajstić information content (AvgIpc) is 2.40. The number of hydrogen-bond acceptors (Lipinski definition) is 3. The highest BCUT2D eigenvalue weighted by molar-refractivity contribution is 7.07. The molecule has 0 spiro atoms. The van der Waals surface area contributed by atoms with E-state index in [1.807, 2.05) is 11.4 Å². The Morgan fingerprint density at radius 2 is 2.50 bits per heavy atom. The predicted molar refractivity (Wildman–Crippen MR) is 43.1 cm³/mol. The molecule has 2 nitrogen and oxygen atoms in total. The first kappa shape index (κ1) is 7.72. The number of thiophene rings is 1. The van der Waals surface area contributed by atoms with E-state index < -0.39 is 0 Å². The van der Waals surface area contributed by atoms with Gasteiger partial charge in [0.2, 0.25) is 0 Å². The number of aliphatic hydroxyl groups is 1. The third-order valence-electron chi connectivity index (χ3n) is 1.31. The van der Waals surface area contributed by atoms with Gasteiger partial charge >= 0.3 is 0 Å². The van der Waals surface area contributed by atoms with E-state index in [0.29, 0.717) is 0 Å². The molecule has 0 saturated heterocycles. The van der Waals surface area contributed by atoms with Gasteiger partial charge in [-0.05, 0) is 28.8 Å². The van der Waals surface area contributed by atoms with Crippen molar-refractivity contribution < 1.29 is 5.11 Å². The van der Waals surface area contributed by atoms with Crippen LogP contribution < -0.4 is 5.73 Å². The Kier molecular flexibility index (Phi) is 2.86. The van der Waals surface area contributed by atoms with Crippen LogP contribution in [-0.4, -0.2) is 17.8 Å². The van der Waals surface area contributed by atoms with E-state index in [-0.39, 0.29) is 12.6 Å². The smallest absolute Gasteiger partial charge is 0.0585 e. The van der Waals surface area contributed by atoms with Crippen LogP contribution in [0.3, 0.4) is 0 Å². The number of hydrogen-bond donors (Lipinski definition) is 2. The minimum absolute atomic E-state index is 0.0653. The van der Waals surface area contributed by atoms with Gasteiger partial charge in [-0.3, -0.25) is 0 Å². The highest BCUT2D eigenvalue weighted by Gasteiger charge is 2.00. The zero-order valence-electron chi connectivity index (χ0n) is 5.66. The number of rotatable bonds is 3. The van der Waals surface area contributed by atoms with Crippen LogP contribution in [0.1, 0.15) is 5.56 Å². The predicted octanol–water partition coefficient (Wildman–Crippen LogP) is 0.610. The fourth-order valence-electron chi connectivity index (χ4n) is 0.776. The first-order chi connectivity index (χ1) is 4.83. The fraction of sp³-hybridized carbons (Fsp3) is 0.429. The van der Waals surface area contributed by atoms with E-state index in [0.717, 1.165) is 6.42 Å². The van der Waals surface area contributed by atoms with E-state index in [1.54, 1.807) is 11.3 Å². The number of nitrogens with two attached hydrogens (primary N) is 1. The van der Waals surface area contributed by atoms with Gasteiger partial charge in [-0.25, -0.2) is 0 Å². The van der Waals surface area contributed by atoms with Gasteiger partial charge in [0.25, 0.3) is 0 Å². The molecule has 0 amide bonds. The Labute approximate surface area is 64.3 Å². The molecule has 3 heteroatoms. The molecule has 0 aliphatic rings. The van der Waals surface area contributed by atoms with Crippen molar-refractivity contribution >= 4 is 11.3 Å². The minimum atomic E-state index is -0.102. The Morgan fingerprint density at radius 1 is 1.70 bits per heavy atom. The van der Waals surface area contributed by atoms with Crippen molar-refractivity contribution in [3.8, 4) is 0 Å². The van der Waals surface area contributed by atoms with E-state index in [9.17, 15) is 0 Å². The lowest BCUT2D eigenvalue weighted by Crippen LogP contribution is -2.26. The molecule has 0 aliphatic heterocycles. The van der Waals surface area contributed by atoms with Gasteiger partial charge in [-0.2, -0.15) is 11.3 Å². The Hall–Kier alpha value is -0.380. The lowest BCUT2D eigenvalue weighted by molar-refractivity contribution is 0.265. The lowest BCUT2D eigenvalue weighted by atomic mass is 10.1. The highest BCUT2D eigenvalue weighted by Crippen LogP contribution is 2.07. The number of aliphatic hydroxyl groups excluding tert-OH is 1. The summed E-state index contributed by atoms with van der Waals surface area (Å²) >= 11 is 1.65. The van der Waals surface area contributed by atoms with Crippen molar-refractivity contribution in [2.75, 3.05) is 6.61 Å². The summed E-state index contributed by atoms with van der Waals surface area (Å²) in [7, 11) is 0. The molecule has 0 radical (unpaired) electrons. The van der Waals surface area contributed by atoms with Gasteiger partial charge < -0.3 is 10.8 Å². The van der Waals surface area contributed by atoms with Gasteiger partial charge in [0, 0.05) is 6.04 Å². The van der Waals surface area contributed by atoms with Gasteiger partial charge in [0.15, 0.2) is 0 Å². The summed E-state index contributed by atoms with van der Waals surface area (Å²) in [6.45, 7) is 0.0653. The SMILES string of the molecule is N[C@H](CO)Cc1ccsc1. The summed E-state index contributed by atoms with van der Waals surface area (Å²) in [5, 5.41) is 12.7. The molecule has 0 bridgehead atoms. The fourth-order valence-corrected chi connectivity index (χ4v) is 1.46. The van der Waals surface area contributed by atoms with Crippen molar-refractivity contribution in [2.45, 2.75) is 12.5 Å². The van der Waals surface area contributed by atoms with Gasteiger partial charge in [-0.15, -0.1) is 0 Å². The Balaban J connectivity index is 2.40. The van der Waals surface area contributed by atoms with Crippen molar-refractivity contribution in [3.05, 3.63) is 22.4 Å². The first-order valence-corrected chi connectivity index (χ1v) is 4.14. The molecule has 1 rings (SSSR count). The summed E-state index contributed by atoms with van der Waals surface area (Å²) in [6, 6.07) is 1.93. The molecule has 0 aromatic carbocycles. The van der Waals surface area contributed by atoms with Gasteiger partial charge in [0.05, 0.1) is 6.61 Å². The van der Waals surface area contributed by atoms with E-state index in [4.69, 9.17) is 10.8 Å². The van der Waals surface area contributed by atoms with Crippen LogP contribution in [0.5, 0.6) is 0 Å². The topological polar surface area (TPSA) is 46.2 Å². The second-order valence-corrected chi connectivity index (χ2v) is 3.06. The summed E-state index contributed by atoms with van der Waals surface area (Å²) in [5.74, 6) is 0. The zero-order valence-corrected chi connectivity index (χ0v) is 6.47.